The Kier molecular flexibility index (Phi) is 10.5. The molecule has 1 aromatic rings. The van der Waals surface area contributed by atoms with Crippen LogP contribution in [0.25, 0.3) is 0 Å². The third kappa shape index (κ3) is 8.71. The predicted octanol–water partition coefficient (Wildman–Crippen LogP) is 4.87. The summed E-state index contributed by atoms with van der Waals surface area (Å²) in [6.07, 6.45) is 6.27. The Bertz CT molecular complexity index is 711. The van der Waals surface area contributed by atoms with E-state index in [1.807, 2.05) is 0 Å². The maximum absolute atomic E-state index is 12.1. The molecule has 0 heterocycles. The summed E-state index contributed by atoms with van der Waals surface area (Å²) in [5.74, 6) is 0.440. The van der Waals surface area contributed by atoms with E-state index in [1.165, 1.54) is 16.8 Å². The molecule has 154 valence electrons. The van der Waals surface area contributed by atoms with Gasteiger partial charge in [-0.3, -0.25) is 9.10 Å². The first kappa shape index (κ1) is 24.1. The van der Waals surface area contributed by atoms with Gasteiger partial charge < -0.3 is 5.32 Å². The Morgan fingerprint density at radius 1 is 1.22 bits per heavy atom. The molecule has 8 heteroatoms. The number of hydrogen-bond donors (Lipinski definition) is 1. The highest BCUT2D eigenvalue weighted by molar-refractivity contribution is 7.92. The third-order valence-electron chi connectivity index (χ3n) is 4.47. The number of unbranched alkanes of at least 4 members (excludes halogenated alkanes) is 1. The lowest BCUT2D eigenvalue weighted by molar-refractivity contribution is -0.121. The van der Waals surface area contributed by atoms with E-state index < -0.39 is 10.0 Å². The summed E-state index contributed by atoms with van der Waals surface area (Å²) in [4.78, 5) is 12.1. The SMILES string of the molecule is CCCC[C@@H](CC)CNC(=O)CCCN(c1ccc(Cl)cc1Cl)S(C)(=O)=O. The molecule has 0 aliphatic heterocycles. The van der Waals surface area contributed by atoms with Crippen molar-refractivity contribution in [2.45, 2.75) is 52.4 Å². The minimum atomic E-state index is -3.52. The second kappa shape index (κ2) is 11.8. The maximum Gasteiger partial charge on any atom is 0.232 e. The lowest BCUT2D eigenvalue weighted by Crippen LogP contribution is -2.33. The van der Waals surface area contributed by atoms with Crippen molar-refractivity contribution in [1.29, 1.82) is 0 Å². The zero-order chi connectivity index (χ0) is 20.4. The Hall–Kier alpha value is -0.980. The summed E-state index contributed by atoms with van der Waals surface area (Å²) >= 11 is 12.0. The number of amides is 1. The molecule has 0 aromatic heterocycles. The molecule has 1 aromatic carbocycles. The van der Waals surface area contributed by atoms with Crippen LogP contribution in [-0.2, 0) is 14.8 Å². The number of nitrogens with zero attached hydrogens (tertiary/aromatic N) is 1. The second-order valence-corrected chi connectivity index (χ2v) is 9.51. The van der Waals surface area contributed by atoms with E-state index >= 15 is 0 Å². The van der Waals surface area contributed by atoms with Crippen LogP contribution in [0.1, 0.15) is 52.4 Å². The van der Waals surface area contributed by atoms with Crippen LogP contribution in [-0.4, -0.2) is 33.7 Å². The van der Waals surface area contributed by atoms with Crippen LogP contribution in [0, 0.1) is 5.92 Å². The molecule has 1 rings (SSSR count). The molecule has 1 amide bonds. The van der Waals surface area contributed by atoms with Gasteiger partial charge in [0.2, 0.25) is 15.9 Å². The van der Waals surface area contributed by atoms with Crippen LogP contribution in [0.15, 0.2) is 18.2 Å². The minimum absolute atomic E-state index is 0.0550. The van der Waals surface area contributed by atoms with Gasteiger partial charge in [-0.2, -0.15) is 0 Å². The smallest absolute Gasteiger partial charge is 0.232 e. The molecule has 0 bridgehead atoms. The third-order valence-corrected chi connectivity index (χ3v) is 6.19. The van der Waals surface area contributed by atoms with Crippen LogP contribution in [0.5, 0.6) is 0 Å². The molecule has 0 spiro atoms. The zero-order valence-electron chi connectivity index (χ0n) is 16.3. The Labute approximate surface area is 173 Å². The highest BCUT2D eigenvalue weighted by Crippen LogP contribution is 2.30. The molecular formula is C19H30Cl2N2O3S. The number of sulfonamides is 1. The Morgan fingerprint density at radius 2 is 1.93 bits per heavy atom. The van der Waals surface area contributed by atoms with E-state index in [0.29, 0.717) is 29.6 Å². The molecule has 0 saturated carbocycles. The van der Waals surface area contributed by atoms with Crippen LogP contribution in [0.4, 0.5) is 5.69 Å². The first-order valence-electron chi connectivity index (χ1n) is 9.38. The van der Waals surface area contributed by atoms with Crippen molar-refractivity contribution in [3.05, 3.63) is 28.2 Å². The summed E-state index contributed by atoms with van der Waals surface area (Å²) < 4.78 is 25.5. The summed E-state index contributed by atoms with van der Waals surface area (Å²) in [6, 6.07) is 4.67. The number of halogens is 2. The molecule has 0 unspecified atom stereocenters. The Balaban J connectivity index is 2.58. The van der Waals surface area contributed by atoms with Gasteiger partial charge in [-0.05, 0) is 37.0 Å². The Morgan fingerprint density at radius 3 is 2.48 bits per heavy atom. The van der Waals surface area contributed by atoms with Crippen molar-refractivity contribution in [2.75, 3.05) is 23.7 Å². The summed E-state index contributed by atoms with van der Waals surface area (Å²) in [5, 5.41) is 3.66. The first-order valence-corrected chi connectivity index (χ1v) is 12.0. The molecule has 1 atom stereocenters. The van der Waals surface area contributed by atoms with Crippen LogP contribution < -0.4 is 9.62 Å². The van der Waals surface area contributed by atoms with Gasteiger partial charge >= 0.3 is 0 Å². The lowest BCUT2D eigenvalue weighted by atomic mass is 9.99. The van der Waals surface area contributed by atoms with Gasteiger partial charge in [0.05, 0.1) is 17.0 Å². The van der Waals surface area contributed by atoms with Gasteiger partial charge in [0, 0.05) is 24.5 Å². The minimum Gasteiger partial charge on any atom is -0.356 e. The first-order chi connectivity index (χ1) is 12.7. The molecule has 0 aliphatic carbocycles. The molecular weight excluding hydrogens is 407 g/mol. The second-order valence-electron chi connectivity index (χ2n) is 6.75. The van der Waals surface area contributed by atoms with Gasteiger partial charge in [0.25, 0.3) is 0 Å². The number of carbonyl (C=O) groups excluding carboxylic acids is 1. The maximum atomic E-state index is 12.1. The van der Waals surface area contributed by atoms with Crippen LogP contribution in [0.2, 0.25) is 10.0 Å². The van der Waals surface area contributed by atoms with Gasteiger partial charge in [-0.1, -0.05) is 56.3 Å². The van der Waals surface area contributed by atoms with Crippen molar-refractivity contribution >= 4 is 44.8 Å². The average Bonchev–Trinajstić information content (AvgIpc) is 2.59. The van der Waals surface area contributed by atoms with Crippen molar-refractivity contribution in [3.8, 4) is 0 Å². The number of anilines is 1. The van der Waals surface area contributed by atoms with E-state index in [0.717, 1.165) is 25.5 Å². The summed E-state index contributed by atoms with van der Waals surface area (Å²) in [7, 11) is -3.52. The van der Waals surface area contributed by atoms with Gasteiger partial charge in [-0.15, -0.1) is 0 Å². The highest BCUT2D eigenvalue weighted by atomic mass is 35.5. The van der Waals surface area contributed by atoms with Gasteiger partial charge in [0.1, 0.15) is 0 Å². The van der Waals surface area contributed by atoms with Gasteiger partial charge in [-0.25, -0.2) is 8.42 Å². The van der Waals surface area contributed by atoms with E-state index in [2.05, 4.69) is 19.2 Å². The van der Waals surface area contributed by atoms with E-state index in [9.17, 15) is 13.2 Å². The number of benzene rings is 1. The highest BCUT2D eigenvalue weighted by Gasteiger charge is 2.20. The summed E-state index contributed by atoms with van der Waals surface area (Å²) in [5.41, 5.74) is 0.370. The van der Waals surface area contributed by atoms with Gasteiger partial charge in [0.15, 0.2) is 0 Å². The number of carbonyl (C=O) groups is 1. The van der Waals surface area contributed by atoms with Crippen molar-refractivity contribution in [3.63, 3.8) is 0 Å². The fourth-order valence-electron chi connectivity index (χ4n) is 2.82. The predicted molar refractivity (Wildman–Crippen MR) is 114 cm³/mol. The standard InChI is InChI=1S/C19H30Cl2N2O3S/c1-4-6-8-15(5-2)14-22-19(24)9-7-12-23(27(3,25)26)18-11-10-16(20)13-17(18)21/h10-11,13,15H,4-9,12,14H2,1-3H3,(H,22,24)/t15-/m1/s1. The van der Waals surface area contributed by atoms with Crippen molar-refractivity contribution in [1.82, 2.24) is 5.32 Å². The average molecular weight is 437 g/mol. The van der Waals surface area contributed by atoms with Crippen LogP contribution in [0.3, 0.4) is 0 Å². The number of nitrogens with one attached hydrogen (secondary N) is 1. The van der Waals surface area contributed by atoms with E-state index in [4.69, 9.17) is 23.2 Å². The van der Waals surface area contributed by atoms with E-state index in [-0.39, 0.29) is 23.9 Å². The lowest BCUT2D eigenvalue weighted by Gasteiger charge is -2.23. The fraction of sp³-hybridized carbons (Fsp3) is 0.632. The molecule has 0 aliphatic rings. The topological polar surface area (TPSA) is 66.5 Å². The quantitative estimate of drug-likeness (QED) is 0.507. The normalized spacial score (nSPS) is 12.6. The molecule has 0 radical (unpaired) electrons. The van der Waals surface area contributed by atoms with Crippen molar-refractivity contribution < 1.29 is 13.2 Å². The zero-order valence-corrected chi connectivity index (χ0v) is 18.6. The molecule has 1 N–H and O–H groups in total. The molecule has 5 nitrogen and oxygen atoms in total. The molecule has 0 saturated heterocycles. The number of rotatable bonds is 12. The monoisotopic (exact) mass is 436 g/mol. The van der Waals surface area contributed by atoms with Crippen molar-refractivity contribution in [2.24, 2.45) is 5.92 Å². The number of hydrogen-bond acceptors (Lipinski definition) is 3. The molecule has 0 fully saturated rings. The fourth-order valence-corrected chi connectivity index (χ4v) is 4.36. The summed E-state index contributed by atoms with van der Waals surface area (Å²) in [6.45, 7) is 5.15. The molecule has 27 heavy (non-hydrogen) atoms. The largest absolute Gasteiger partial charge is 0.356 e. The van der Waals surface area contributed by atoms with E-state index in [1.54, 1.807) is 12.1 Å². The van der Waals surface area contributed by atoms with Crippen LogP contribution >= 0.6 is 23.2 Å².